The van der Waals surface area contributed by atoms with Gasteiger partial charge in [-0.05, 0) is 32.4 Å². The van der Waals surface area contributed by atoms with Gasteiger partial charge in [0.15, 0.2) is 0 Å². The maximum absolute atomic E-state index is 11.9. The standard InChI is InChI=1S/C17H26N2O3/c1-4-5-8-11-18-16(20)12-17(21)19-14-9-6-7-10-15(14)22-13(2)3/h6-7,9-10,13H,4-5,8,11-12H2,1-3H3,(H,18,20)(H,19,21). The Morgan fingerprint density at radius 2 is 1.86 bits per heavy atom. The van der Waals surface area contributed by atoms with Crippen LogP contribution < -0.4 is 15.4 Å². The molecule has 5 nitrogen and oxygen atoms in total. The Hall–Kier alpha value is -2.04. The minimum atomic E-state index is -0.340. The quantitative estimate of drug-likeness (QED) is 0.544. The number of anilines is 1. The topological polar surface area (TPSA) is 67.4 Å². The van der Waals surface area contributed by atoms with E-state index < -0.39 is 0 Å². The number of nitrogens with one attached hydrogen (secondary N) is 2. The molecule has 5 heteroatoms. The summed E-state index contributed by atoms with van der Waals surface area (Å²) in [6, 6.07) is 7.20. The van der Waals surface area contributed by atoms with E-state index in [1.807, 2.05) is 26.0 Å². The average Bonchev–Trinajstić information content (AvgIpc) is 2.45. The molecule has 1 aromatic carbocycles. The highest BCUT2D eigenvalue weighted by atomic mass is 16.5. The second-order valence-corrected chi connectivity index (χ2v) is 5.44. The van der Waals surface area contributed by atoms with E-state index in [9.17, 15) is 9.59 Å². The molecule has 0 aromatic heterocycles. The maximum atomic E-state index is 11.9. The molecule has 0 aliphatic heterocycles. The van der Waals surface area contributed by atoms with Gasteiger partial charge >= 0.3 is 0 Å². The molecule has 1 aromatic rings. The van der Waals surface area contributed by atoms with Crippen molar-refractivity contribution < 1.29 is 14.3 Å². The highest BCUT2D eigenvalue weighted by Gasteiger charge is 2.12. The van der Waals surface area contributed by atoms with E-state index >= 15 is 0 Å². The molecule has 0 saturated heterocycles. The third-order valence-electron chi connectivity index (χ3n) is 2.95. The molecular weight excluding hydrogens is 280 g/mol. The van der Waals surface area contributed by atoms with E-state index in [1.165, 1.54) is 0 Å². The van der Waals surface area contributed by atoms with Crippen molar-refractivity contribution in [2.75, 3.05) is 11.9 Å². The predicted molar refractivity (Wildman–Crippen MR) is 88.0 cm³/mol. The van der Waals surface area contributed by atoms with Crippen LogP contribution in [0, 0.1) is 0 Å². The van der Waals surface area contributed by atoms with E-state index in [4.69, 9.17) is 4.74 Å². The number of rotatable bonds is 9. The summed E-state index contributed by atoms with van der Waals surface area (Å²) in [5.41, 5.74) is 0.583. The molecule has 0 aliphatic rings. The van der Waals surface area contributed by atoms with Crippen LogP contribution in [0.4, 0.5) is 5.69 Å². The van der Waals surface area contributed by atoms with Gasteiger partial charge in [-0.25, -0.2) is 0 Å². The van der Waals surface area contributed by atoms with Crippen molar-refractivity contribution in [2.45, 2.75) is 52.6 Å². The van der Waals surface area contributed by atoms with E-state index in [-0.39, 0.29) is 24.3 Å². The zero-order chi connectivity index (χ0) is 16.4. The number of para-hydroxylation sites is 2. The molecule has 0 atom stereocenters. The predicted octanol–water partition coefficient (Wildman–Crippen LogP) is 3.11. The summed E-state index contributed by atoms with van der Waals surface area (Å²) in [5.74, 6) is 0.0119. The molecule has 0 aliphatic carbocycles. The average molecular weight is 306 g/mol. The van der Waals surface area contributed by atoms with Gasteiger partial charge in [-0.3, -0.25) is 9.59 Å². The van der Waals surface area contributed by atoms with Gasteiger partial charge in [0.25, 0.3) is 0 Å². The molecule has 0 spiro atoms. The first-order chi connectivity index (χ1) is 10.5. The summed E-state index contributed by atoms with van der Waals surface area (Å²) in [7, 11) is 0. The number of hydrogen-bond acceptors (Lipinski definition) is 3. The zero-order valence-corrected chi connectivity index (χ0v) is 13.6. The first-order valence-corrected chi connectivity index (χ1v) is 7.85. The number of amides is 2. The fraction of sp³-hybridized carbons (Fsp3) is 0.529. The Labute approximate surface area is 132 Å². The second-order valence-electron chi connectivity index (χ2n) is 5.44. The Morgan fingerprint density at radius 3 is 2.55 bits per heavy atom. The van der Waals surface area contributed by atoms with Crippen LogP contribution in [0.15, 0.2) is 24.3 Å². The van der Waals surface area contributed by atoms with Crippen molar-refractivity contribution >= 4 is 17.5 Å². The van der Waals surface area contributed by atoms with Crippen LogP contribution >= 0.6 is 0 Å². The number of carbonyl (C=O) groups excluding carboxylic acids is 2. The molecular formula is C17H26N2O3. The SMILES string of the molecule is CCCCCNC(=O)CC(=O)Nc1ccccc1OC(C)C. The molecule has 0 radical (unpaired) electrons. The third-order valence-corrected chi connectivity index (χ3v) is 2.95. The van der Waals surface area contributed by atoms with Gasteiger partial charge in [0.1, 0.15) is 12.2 Å². The van der Waals surface area contributed by atoms with Crippen LogP contribution in [0.25, 0.3) is 0 Å². The summed E-state index contributed by atoms with van der Waals surface area (Å²) in [6.07, 6.45) is 2.95. The largest absolute Gasteiger partial charge is 0.489 e. The van der Waals surface area contributed by atoms with Gasteiger partial charge in [-0.15, -0.1) is 0 Å². The molecule has 0 heterocycles. The van der Waals surface area contributed by atoms with Crippen molar-refractivity contribution in [3.8, 4) is 5.75 Å². The van der Waals surface area contributed by atoms with Crippen LogP contribution in [0.5, 0.6) is 5.75 Å². The van der Waals surface area contributed by atoms with Crippen molar-refractivity contribution in [1.29, 1.82) is 0 Å². The normalized spacial score (nSPS) is 10.4. The molecule has 0 unspecified atom stereocenters. The fourth-order valence-corrected chi connectivity index (χ4v) is 1.93. The minimum Gasteiger partial charge on any atom is -0.489 e. The third kappa shape index (κ3) is 7.11. The Kier molecular flexibility index (Phi) is 8.04. The van der Waals surface area contributed by atoms with Crippen LogP contribution in [-0.4, -0.2) is 24.5 Å². The van der Waals surface area contributed by atoms with Crippen LogP contribution in [-0.2, 0) is 9.59 Å². The smallest absolute Gasteiger partial charge is 0.233 e. The fourth-order valence-electron chi connectivity index (χ4n) is 1.93. The molecule has 0 bridgehead atoms. The molecule has 22 heavy (non-hydrogen) atoms. The first kappa shape index (κ1) is 18.0. The molecule has 1 rings (SSSR count). The molecule has 0 fully saturated rings. The summed E-state index contributed by atoms with van der Waals surface area (Å²) < 4.78 is 5.63. The summed E-state index contributed by atoms with van der Waals surface area (Å²) in [4.78, 5) is 23.6. The lowest BCUT2D eigenvalue weighted by Gasteiger charge is -2.14. The van der Waals surface area contributed by atoms with Gasteiger partial charge in [0, 0.05) is 6.54 Å². The monoisotopic (exact) mass is 306 g/mol. The summed E-state index contributed by atoms with van der Waals surface area (Å²) in [5, 5.41) is 5.47. The van der Waals surface area contributed by atoms with Gasteiger partial charge in [0.05, 0.1) is 11.8 Å². The second kappa shape index (κ2) is 9.82. The minimum absolute atomic E-state index is 0.0138. The number of unbranched alkanes of at least 4 members (excludes halogenated alkanes) is 2. The lowest BCUT2D eigenvalue weighted by Crippen LogP contribution is -2.29. The Morgan fingerprint density at radius 1 is 1.14 bits per heavy atom. The van der Waals surface area contributed by atoms with Crippen molar-refractivity contribution in [3.05, 3.63) is 24.3 Å². The van der Waals surface area contributed by atoms with E-state index in [0.717, 1.165) is 19.3 Å². The first-order valence-electron chi connectivity index (χ1n) is 7.85. The van der Waals surface area contributed by atoms with Gasteiger partial charge in [0.2, 0.25) is 11.8 Å². The molecule has 2 amide bonds. The summed E-state index contributed by atoms with van der Waals surface area (Å²) >= 11 is 0. The van der Waals surface area contributed by atoms with Crippen molar-refractivity contribution in [3.63, 3.8) is 0 Å². The van der Waals surface area contributed by atoms with E-state index in [1.54, 1.807) is 12.1 Å². The number of benzene rings is 1. The number of carbonyl (C=O) groups is 2. The Balaban J connectivity index is 2.46. The zero-order valence-electron chi connectivity index (χ0n) is 13.6. The highest BCUT2D eigenvalue weighted by molar-refractivity contribution is 6.04. The number of ether oxygens (including phenoxy) is 1. The van der Waals surface area contributed by atoms with Gasteiger partial charge < -0.3 is 15.4 Å². The Bertz CT molecular complexity index is 487. The van der Waals surface area contributed by atoms with Crippen molar-refractivity contribution in [2.24, 2.45) is 0 Å². The van der Waals surface area contributed by atoms with Crippen LogP contribution in [0.1, 0.15) is 46.5 Å². The lowest BCUT2D eigenvalue weighted by atomic mass is 10.2. The van der Waals surface area contributed by atoms with E-state index in [0.29, 0.717) is 18.0 Å². The highest BCUT2D eigenvalue weighted by Crippen LogP contribution is 2.24. The number of hydrogen-bond donors (Lipinski definition) is 2. The summed E-state index contributed by atoms with van der Waals surface area (Å²) in [6.45, 7) is 6.56. The van der Waals surface area contributed by atoms with Crippen molar-refractivity contribution in [1.82, 2.24) is 5.32 Å². The molecule has 0 saturated carbocycles. The van der Waals surface area contributed by atoms with Crippen LogP contribution in [0.3, 0.4) is 0 Å². The molecule has 122 valence electrons. The van der Waals surface area contributed by atoms with Gasteiger partial charge in [-0.1, -0.05) is 31.9 Å². The van der Waals surface area contributed by atoms with Crippen LogP contribution in [0.2, 0.25) is 0 Å². The van der Waals surface area contributed by atoms with Gasteiger partial charge in [-0.2, -0.15) is 0 Å². The molecule has 2 N–H and O–H groups in total. The maximum Gasteiger partial charge on any atom is 0.233 e. The lowest BCUT2D eigenvalue weighted by molar-refractivity contribution is -0.126. The van der Waals surface area contributed by atoms with E-state index in [2.05, 4.69) is 17.6 Å².